The molecule has 3 nitrogen and oxygen atoms in total. The van der Waals surface area contributed by atoms with Crippen LogP contribution in [0.5, 0.6) is 0 Å². The highest BCUT2D eigenvalue weighted by molar-refractivity contribution is 5.66. The van der Waals surface area contributed by atoms with Gasteiger partial charge in [-0.25, -0.2) is 0 Å². The van der Waals surface area contributed by atoms with E-state index in [2.05, 4.69) is 34.6 Å². The van der Waals surface area contributed by atoms with E-state index in [4.69, 9.17) is 9.47 Å². The maximum absolute atomic E-state index is 11.7. The van der Waals surface area contributed by atoms with Gasteiger partial charge in [-0.15, -0.1) is 0 Å². The summed E-state index contributed by atoms with van der Waals surface area (Å²) in [5.74, 6) is 5.23. The molecule has 1 saturated heterocycles. The Morgan fingerprint density at radius 3 is 2.44 bits per heavy atom. The van der Waals surface area contributed by atoms with Gasteiger partial charge in [0.1, 0.15) is 6.10 Å². The third kappa shape index (κ3) is 3.59. The highest BCUT2D eigenvalue weighted by Crippen LogP contribution is 2.71. The molecule has 32 heavy (non-hydrogen) atoms. The summed E-state index contributed by atoms with van der Waals surface area (Å²) in [6.45, 7) is 14.1. The van der Waals surface area contributed by atoms with Gasteiger partial charge in [0.25, 0.3) is 0 Å². The number of rotatable bonds is 6. The second kappa shape index (κ2) is 7.99. The minimum Gasteiger partial charge on any atom is -0.430 e. The molecule has 0 spiro atoms. The number of hydrogen-bond donors (Lipinski definition) is 0. The summed E-state index contributed by atoms with van der Waals surface area (Å²) >= 11 is 0. The zero-order chi connectivity index (χ0) is 22.9. The third-order valence-electron chi connectivity index (χ3n) is 11.5. The standard InChI is InChI=1S/C29H48O3/c1-18(2)8-7-9-19(3)23-12-13-24-22-11-10-21-16-29(31-20(4)30)26(32-29)17-28(21,6)25(22)14-15-27(23,24)5/h18-19,21-26H,7-17H2,1-6H3/t19-,21+,22-,23-,24+,25+,26-,27+,28+,29+/m1/s1. The van der Waals surface area contributed by atoms with Gasteiger partial charge in [-0.05, 0) is 97.2 Å². The summed E-state index contributed by atoms with van der Waals surface area (Å²) in [5, 5.41) is 0. The van der Waals surface area contributed by atoms with Crippen molar-refractivity contribution in [3.05, 3.63) is 0 Å². The normalized spacial score (nSPS) is 50.1. The summed E-state index contributed by atoms with van der Waals surface area (Å²) in [4.78, 5) is 11.7. The minimum atomic E-state index is -0.560. The molecule has 1 heterocycles. The van der Waals surface area contributed by atoms with Crippen LogP contribution in [0.3, 0.4) is 0 Å². The zero-order valence-corrected chi connectivity index (χ0v) is 21.6. The lowest BCUT2D eigenvalue weighted by molar-refractivity contribution is -0.168. The fourth-order valence-electron chi connectivity index (χ4n) is 9.91. The van der Waals surface area contributed by atoms with Gasteiger partial charge in [0, 0.05) is 13.3 Å². The van der Waals surface area contributed by atoms with Crippen LogP contribution in [-0.2, 0) is 14.3 Å². The van der Waals surface area contributed by atoms with Gasteiger partial charge in [-0.2, -0.15) is 0 Å². The van der Waals surface area contributed by atoms with E-state index < -0.39 is 5.79 Å². The van der Waals surface area contributed by atoms with Gasteiger partial charge < -0.3 is 9.47 Å². The van der Waals surface area contributed by atoms with E-state index in [0.29, 0.717) is 16.7 Å². The summed E-state index contributed by atoms with van der Waals surface area (Å²) in [6, 6.07) is 0. The predicted molar refractivity (Wildman–Crippen MR) is 128 cm³/mol. The molecule has 5 fully saturated rings. The highest BCUT2D eigenvalue weighted by atomic mass is 16.8. The van der Waals surface area contributed by atoms with Crippen LogP contribution in [-0.4, -0.2) is 17.9 Å². The summed E-state index contributed by atoms with van der Waals surface area (Å²) < 4.78 is 11.8. The first kappa shape index (κ1) is 23.2. The van der Waals surface area contributed by atoms with Crippen LogP contribution in [0.4, 0.5) is 0 Å². The Balaban J connectivity index is 1.28. The molecular formula is C29H48O3. The van der Waals surface area contributed by atoms with Crippen molar-refractivity contribution >= 4 is 5.97 Å². The van der Waals surface area contributed by atoms with E-state index in [9.17, 15) is 4.79 Å². The van der Waals surface area contributed by atoms with E-state index in [0.717, 1.165) is 48.3 Å². The quantitative estimate of drug-likeness (QED) is 0.317. The van der Waals surface area contributed by atoms with Gasteiger partial charge in [0.15, 0.2) is 0 Å². The van der Waals surface area contributed by atoms with Gasteiger partial charge >= 0.3 is 5.97 Å². The van der Waals surface area contributed by atoms with E-state index in [1.54, 1.807) is 0 Å². The molecule has 0 aromatic heterocycles. The van der Waals surface area contributed by atoms with Gasteiger partial charge in [-0.3, -0.25) is 4.79 Å². The van der Waals surface area contributed by atoms with Crippen molar-refractivity contribution in [1.82, 2.24) is 0 Å². The largest absolute Gasteiger partial charge is 0.430 e. The van der Waals surface area contributed by atoms with Crippen molar-refractivity contribution in [3.8, 4) is 0 Å². The molecule has 0 radical (unpaired) electrons. The van der Waals surface area contributed by atoms with Gasteiger partial charge in [0.2, 0.25) is 5.79 Å². The smallest absolute Gasteiger partial charge is 0.305 e. The number of epoxide rings is 1. The Hall–Kier alpha value is -0.570. The van der Waals surface area contributed by atoms with Crippen LogP contribution >= 0.6 is 0 Å². The molecule has 0 unspecified atom stereocenters. The second-order valence-corrected chi connectivity index (χ2v) is 13.6. The van der Waals surface area contributed by atoms with Crippen LogP contribution < -0.4 is 0 Å². The Kier molecular flexibility index (Phi) is 5.79. The molecule has 3 heteroatoms. The minimum absolute atomic E-state index is 0.150. The molecule has 0 aromatic rings. The molecule has 5 rings (SSSR count). The number of fused-ring (bicyclic) bond motifs is 6. The lowest BCUT2D eigenvalue weighted by Gasteiger charge is -2.60. The average Bonchev–Trinajstić information content (AvgIpc) is 3.23. The van der Waals surface area contributed by atoms with Gasteiger partial charge in [0.05, 0.1) is 0 Å². The number of esters is 1. The first-order chi connectivity index (χ1) is 15.1. The topological polar surface area (TPSA) is 38.8 Å². The fraction of sp³-hybridized carbons (Fsp3) is 0.966. The van der Waals surface area contributed by atoms with Crippen molar-refractivity contribution in [2.75, 3.05) is 0 Å². The molecule has 4 aliphatic carbocycles. The lowest BCUT2D eigenvalue weighted by Crippen LogP contribution is -2.55. The van der Waals surface area contributed by atoms with Crippen LogP contribution in [0.2, 0.25) is 0 Å². The van der Waals surface area contributed by atoms with Crippen molar-refractivity contribution in [3.63, 3.8) is 0 Å². The number of ether oxygens (including phenoxy) is 2. The first-order valence-electron chi connectivity index (χ1n) is 14.0. The first-order valence-corrected chi connectivity index (χ1v) is 14.0. The molecule has 0 bridgehead atoms. The zero-order valence-electron chi connectivity index (χ0n) is 21.6. The van der Waals surface area contributed by atoms with Crippen LogP contribution in [0.15, 0.2) is 0 Å². The van der Waals surface area contributed by atoms with Crippen molar-refractivity contribution in [2.24, 2.45) is 52.3 Å². The highest BCUT2D eigenvalue weighted by Gasteiger charge is 2.71. The molecule has 10 atom stereocenters. The van der Waals surface area contributed by atoms with Gasteiger partial charge in [-0.1, -0.05) is 53.9 Å². The average molecular weight is 445 g/mol. The molecule has 0 aromatic carbocycles. The van der Waals surface area contributed by atoms with Crippen molar-refractivity contribution in [2.45, 2.75) is 124 Å². The molecule has 4 saturated carbocycles. The van der Waals surface area contributed by atoms with E-state index in [1.165, 1.54) is 64.7 Å². The monoisotopic (exact) mass is 444 g/mol. The maximum Gasteiger partial charge on any atom is 0.305 e. The Morgan fingerprint density at radius 2 is 1.72 bits per heavy atom. The van der Waals surface area contributed by atoms with Crippen molar-refractivity contribution < 1.29 is 14.3 Å². The SMILES string of the molecule is CC(=O)O[C@]12C[C@@H]3CC[C@H]4[C@H](CC[C@@]5(C)[C@@H]([C@H](C)CCCC(C)C)CC[C@@H]45)[C@@]3(C)C[C@H]1O2. The molecule has 182 valence electrons. The van der Waals surface area contributed by atoms with E-state index in [1.807, 2.05) is 0 Å². The van der Waals surface area contributed by atoms with Crippen LogP contribution in [0.25, 0.3) is 0 Å². The molecular weight excluding hydrogens is 396 g/mol. The maximum atomic E-state index is 11.7. The number of carbonyl (C=O) groups is 1. The molecule has 0 N–H and O–H groups in total. The van der Waals surface area contributed by atoms with Crippen LogP contribution in [0.1, 0.15) is 112 Å². The molecule has 0 amide bonds. The summed E-state index contributed by atoms with van der Waals surface area (Å²) in [7, 11) is 0. The second-order valence-electron chi connectivity index (χ2n) is 13.6. The molecule has 1 aliphatic heterocycles. The van der Waals surface area contributed by atoms with E-state index >= 15 is 0 Å². The summed E-state index contributed by atoms with van der Waals surface area (Å²) in [6.07, 6.45) is 14.9. The third-order valence-corrected chi connectivity index (χ3v) is 11.5. The Bertz CT molecular complexity index is 732. The Labute approximate surface area is 196 Å². The van der Waals surface area contributed by atoms with Crippen molar-refractivity contribution in [1.29, 1.82) is 0 Å². The number of hydrogen-bond acceptors (Lipinski definition) is 3. The Morgan fingerprint density at radius 1 is 0.969 bits per heavy atom. The predicted octanol–water partition coefficient (Wildman–Crippen LogP) is 7.38. The van der Waals surface area contributed by atoms with E-state index in [-0.39, 0.29) is 12.1 Å². The number of carbonyl (C=O) groups excluding carboxylic acids is 1. The summed E-state index contributed by atoms with van der Waals surface area (Å²) in [5.41, 5.74) is 0.934. The lowest BCUT2D eigenvalue weighted by atomic mass is 9.44. The fourth-order valence-corrected chi connectivity index (χ4v) is 9.91. The molecule has 5 aliphatic rings. The van der Waals surface area contributed by atoms with Crippen LogP contribution in [0, 0.1) is 52.3 Å².